The smallest absolute Gasteiger partial charge is 0.317 e. The molecule has 2 amide bonds. The second-order valence-corrected chi connectivity index (χ2v) is 5.96. The minimum Gasteiger partial charge on any atom is -0.481 e. The maximum atomic E-state index is 12.1. The quantitative estimate of drug-likeness (QED) is 0.720. The Morgan fingerprint density at radius 1 is 1.30 bits per heavy atom. The first-order valence-electron chi connectivity index (χ1n) is 7.77. The van der Waals surface area contributed by atoms with Crippen LogP contribution in [0.2, 0.25) is 0 Å². The summed E-state index contributed by atoms with van der Waals surface area (Å²) in [5.74, 6) is -0.0369. The van der Waals surface area contributed by atoms with Crippen molar-refractivity contribution in [1.29, 1.82) is 0 Å². The summed E-state index contributed by atoms with van der Waals surface area (Å²) in [4.78, 5) is 24.3. The average molecular weight is 284 g/mol. The minimum atomic E-state index is -0.810. The fraction of sp³-hybridized carbons (Fsp3) is 0.867. The highest BCUT2D eigenvalue weighted by molar-refractivity contribution is 5.74. The van der Waals surface area contributed by atoms with Crippen LogP contribution in [0.25, 0.3) is 0 Å². The number of nitrogens with one attached hydrogen (secondary N) is 1. The standard InChI is InChI=1S/C15H28N2O3/c1-12(2)17(11-5-8-14(18)19)15(20)16-10-9-13-6-3-4-7-13/h12-13H,3-11H2,1-2H3,(H,16,20)(H,18,19). The fourth-order valence-electron chi connectivity index (χ4n) is 2.78. The lowest BCUT2D eigenvalue weighted by atomic mass is 10.0. The van der Waals surface area contributed by atoms with Crippen molar-refractivity contribution in [2.24, 2.45) is 5.92 Å². The summed E-state index contributed by atoms with van der Waals surface area (Å²) in [5.41, 5.74) is 0. The number of rotatable bonds is 8. The van der Waals surface area contributed by atoms with Crippen LogP contribution >= 0.6 is 0 Å². The SMILES string of the molecule is CC(C)N(CCCC(=O)O)C(=O)NCCC1CCCC1. The zero-order valence-electron chi connectivity index (χ0n) is 12.7. The van der Waals surface area contributed by atoms with Gasteiger partial charge in [-0.15, -0.1) is 0 Å². The highest BCUT2D eigenvalue weighted by Gasteiger charge is 2.18. The van der Waals surface area contributed by atoms with Crippen molar-refractivity contribution in [3.8, 4) is 0 Å². The summed E-state index contributed by atoms with van der Waals surface area (Å²) in [6.07, 6.45) is 6.91. The van der Waals surface area contributed by atoms with Gasteiger partial charge in [0, 0.05) is 25.6 Å². The van der Waals surface area contributed by atoms with Crippen molar-refractivity contribution in [1.82, 2.24) is 10.2 Å². The number of amides is 2. The lowest BCUT2D eigenvalue weighted by Crippen LogP contribution is -2.45. The van der Waals surface area contributed by atoms with E-state index in [1.165, 1.54) is 25.7 Å². The first kappa shape index (κ1) is 16.8. The largest absolute Gasteiger partial charge is 0.481 e. The number of hydrogen-bond acceptors (Lipinski definition) is 2. The molecule has 20 heavy (non-hydrogen) atoms. The van der Waals surface area contributed by atoms with Crippen molar-refractivity contribution in [3.63, 3.8) is 0 Å². The van der Waals surface area contributed by atoms with Crippen LogP contribution in [0.5, 0.6) is 0 Å². The van der Waals surface area contributed by atoms with E-state index < -0.39 is 5.97 Å². The van der Waals surface area contributed by atoms with Crippen molar-refractivity contribution in [2.75, 3.05) is 13.1 Å². The van der Waals surface area contributed by atoms with Crippen LogP contribution in [0, 0.1) is 5.92 Å². The molecule has 0 aromatic heterocycles. The molecular formula is C15H28N2O3. The van der Waals surface area contributed by atoms with E-state index >= 15 is 0 Å². The molecule has 0 atom stereocenters. The Morgan fingerprint density at radius 3 is 2.50 bits per heavy atom. The van der Waals surface area contributed by atoms with Crippen molar-refractivity contribution >= 4 is 12.0 Å². The predicted octanol–water partition coefficient (Wildman–Crippen LogP) is 2.85. The number of carboxylic acids is 1. The van der Waals surface area contributed by atoms with Crippen LogP contribution in [-0.4, -0.2) is 41.1 Å². The highest BCUT2D eigenvalue weighted by Crippen LogP contribution is 2.26. The molecular weight excluding hydrogens is 256 g/mol. The lowest BCUT2D eigenvalue weighted by Gasteiger charge is -2.27. The Bertz CT molecular complexity index is 312. The molecule has 1 aliphatic carbocycles. The molecule has 0 spiro atoms. The van der Waals surface area contributed by atoms with Crippen LogP contribution in [0.1, 0.15) is 58.8 Å². The summed E-state index contributed by atoms with van der Waals surface area (Å²) in [6.45, 7) is 5.14. The first-order valence-corrected chi connectivity index (χ1v) is 7.77. The number of aliphatic carboxylic acids is 1. The van der Waals surface area contributed by atoms with Gasteiger partial charge in [-0.05, 0) is 32.6 Å². The highest BCUT2D eigenvalue weighted by atomic mass is 16.4. The van der Waals surface area contributed by atoms with Gasteiger partial charge >= 0.3 is 12.0 Å². The summed E-state index contributed by atoms with van der Waals surface area (Å²) in [5, 5.41) is 11.6. The summed E-state index contributed by atoms with van der Waals surface area (Å²) in [7, 11) is 0. The molecule has 0 aliphatic heterocycles. The molecule has 1 fully saturated rings. The third-order valence-electron chi connectivity index (χ3n) is 3.98. The summed E-state index contributed by atoms with van der Waals surface area (Å²) >= 11 is 0. The summed E-state index contributed by atoms with van der Waals surface area (Å²) in [6, 6.07) is 0.0265. The van der Waals surface area contributed by atoms with Crippen LogP contribution < -0.4 is 5.32 Å². The number of carbonyl (C=O) groups is 2. The van der Waals surface area contributed by atoms with E-state index in [0.717, 1.165) is 18.9 Å². The molecule has 0 aromatic rings. The topological polar surface area (TPSA) is 69.6 Å². The fourth-order valence-corrected chi connectivity index (χ4v) is 2.78. The Hall–Kier alpha value is -1.26. The Labute approximate surface area is 121 Å². The molecule has 2 N–H and O–H groups in total. The number of urea groups is 1. The zero-order chi connectivity index (χ0) is 15.0. The lowest BCUT2D eigenvalue weighted by molar-refractivity contribution is -0.137. The molecule has 1 rings (SSSR count). The number of carboxylic acid groups (broad SMARTS) is 1. The number of nitrogens with zero attached hydrogens (tertiary/aromatic N) is 1. The van der Waals surface area contributed by atoms with Crippen LogP contribution in [0.3, 0.4) is 0 Å². The van der Waals surface area contributed by atoms with Gasteiger partial charge in [-0.2, -0.15) is 0 Å². The normalized spacial score (nSPS) is 15.6. The molecule has 116 valence electrons. The van der Waals surface area contributed by atoms with Gasteiger partial charge < -0.3 is 15.3 Å². The van der Waals surface area contributed by atoms with E-state index in [2.05, 4.69) is 5.32 Å². The van der Waals surface area contributed by atoms with Crippen molar-refractivity contribution in [2.45, 2.75) is 64.8 Å². The van der Waals surface area contributed by atoms with Gasteiger partial charge in [0.2, 0.25) is 0 Å². The maximum absolute atomic E-state index is 12.1. The van der Waals surface area contributed by atoms with E-state index in [4.69, 9.17) is 5.11 Å². The van der Waals surface area contributed by atoms with Crippen LogP contribution in [0.15, 0.2) is 0 Å². The van der Waals surface area contributed by atoms with Crippen LogP contribution in [0.4, 0.5) is 4.79 Å². The molecule has 0 bridgehead atoms. The Balaban J connectivity index is 2.25. The minimum absolute atomic E-state index is 0.0663. The van der Waals surface area contributed by atoms with Gasteiger partial charge in [0.25, 0.3) is 0 Å². The van der Waals surface area contributed by atoms with Crippen LogP contribution in [-0.2, 0) is 4.79 Å². The van der Waals surface area contributed by atoms with Gasteiger partial charge in [0.15, 0.2) is 0 Å². The predicted molar refractivity (Wildman–Crippen MR) is 78.7 cm³/mol. The zero-order valence-corrected chi connectivity index (χ0v) is 12.7. The molecule has 0 unspecified atom stereocenters. The van der Waals surface area contributed by atoms with Crippen molar-refractivity contribution in [3.05, 3.63) is 0 Å². The van der Waals surface area contributed by atoms with Gasteiger partial charge in [0.05, 0.1) is 0 Å². The molecule has 0 heterocycles. The van der Waals surface area contributed by atoms with Gasteiger partial charge in [-0.1, -0.05) is 25.7 Å². The molecule has 0 radical (unpaired) electrons. The van der Waals surface area contributed by atoms with E-state index in [9.17, 15) is 9.59 Å². The number of hydrogen-bond donors (Lipinski definition) is 2. The van der Waals surface area contributed by atoms with E-state index in [1.807, 2.05) is 13.8 Å². The van der Waals surface area contributed by atoms with Crippen molar-refractivity contribution < 1.29 is 14.7 Å². The maximum Gasteiger partial charge on any atom is 0.317 e. The Kier molecular flexibility index (Phi) is 7.41. The van der Waals surface area contributed by atoms with E-state index in [1.54, 1.807) is 4.90 Å². The molecule has 0 aromatic carbocycles. The number of carbonyl (C=O) groups excluding carboxylic acids is 1. The molecule has 1 saturated carbocycles. The van der Waals surface area contributed by atoms with Gasteiger partial charge in [-0.25, -0.2) is 4.79 Å². The average Bonchev–Trinajstić information content (AvgIpc) is 2.86. The molecule has 0 saturated heterocycles. The van der Waals surface area contributed by atoms with E-state index in [-0.39, 0.29) is 18.5 Å². The third-order valence-corrected chi connectivity index (χ3v) is 3.98. The summed E-state index contributed by atoms with van der Waals surface area (Å²) < 4.78 is 0. The molecule has 5 nitrogen and oxygen atoms in total. The second-order valence-electron chi connectivity index (χ2n) is 5.96. The first-order chi connectivity index (χ1) is 9.50. The molecule has 1 aliphatic rings. The van der Waals surface area contributed by atoms with E-state index in [0.29, 0.717) is 13.0 Å². The van der Waals surface area contributed by atoms with Gasteiger partial charge in [0.1, 0.15) is 0 Å². The van der Waals surface area contributed by atoms with Gasteiger partial charge in [-0.3, -0.25) is 4.79 Å². The molecule has 5 heteroatoms. The third kappa shape index (κ3) is 6.26. The second kappa shape index (κ2) is 8.82. The Morgan fingerprint density at radius 2 is 1.95 bits per heavy atom. The monoisotopic (exact) mass is 284 g/mol.